The molecule has 2 atom stereocenters. The molecule has 19 heavy (non-hydrogen) atoms. The normalized spacial score (nSPS) is 30.1. The van der Waals surface area contributed by atoms with Crippen LogP contribution in [-0.4, -0.2) is 46.6 Å². The van der Waals surface area contributed by atoms with Gasteiger partial charge in [0.25, 0.3) is 0 Å². The van der Waals surface area contributed by atoms with E-state index < -0.39 is 5.97 Å². The topological polar surface area (TPSA) is 69.6 Å². The van der Waals surface area contributed by atoms with Gasteiger partial charge in [-0.3, -0.25) is 14.5 Å². The lowest BCUT2D eigenvalue weighted by Crippen LogP contribution is -2.62. The van der Waals surface area contributed by atoms with Crippen molar-refractivity contribution in [3.05, 3.63) is 0 Å². The second kappa shape index (κ2) is 6.37. The molecule has 1 amide bonds. The van der Waals surface area contributed by atoms with Gasteiger partial charge >= 0.3 is 5.97 Å². The highest BCUT2D eigenvalue weighted by Crippen LogP contribution is 2.28. The molecule has 0 aromatic heterocycles. The van der Waals surface area contributed by atoms with Crippen LogP contribution >= 0.6 is 0 Å². The van der Waals surface area contributed by atoms with E-state index in [-0.39, 0.29) is 18.4 Å². The summed E-state index contributed by atoms with van der Waals surface area (Å²) in [5.74, 6) is -0.820. The molecule has 0 aromatic rings. The number of rotatable bonds is 4. The molecular formula is C14H24N2O3. The summed E-state index contributed by atoms with van der Waals surface area (Å²) >= 11 is 0. The van der Waals surface area contributed by atoms with Crippen molar-refractivity contribution >= 4 is 11.9 Å². The van der Waals surface area contributed by atoms with Gasteiger partial charge in [-0.25, -0.2) is 0 Å². The molecule has 5 nitrogen and oxygen atoms in total. The summed E-state index contributed by atoms with van der Waals surface area (Å²) in [6, 6.07) is 0.496. The van der Waals surface area contributed by atoms with Crippen LogP contribution in [0.1, 0.15) is 51.9 Å². The Morgan fingerprint density at radius 2 is 2.05 bits per heavy atom. The molecule has 1 aliphatic carbocycles. The van der Waals surface area contributed by atoms with E-state index in [9.17, 15) is 9.59 Å². The zero-order chi connectivity index (χ0) is 13.8. The lowest BCUT2D eigenvalue weighted by atomic mass is 9.90. The summed E-state index contributed by atoms with van der Waals surface area (Å²) in [6.45, 7) is 2.81. The first-order chi connectivity index (χ1) is 9.09. The van der Waals surface area contributed by atoms with Crippen LogP contribution in [0.15, 0.2) is 0 Å². The molecule has 0 aromatic carbocycles. The van der Waals surface area contributed by atoms with E-state index in [1.165, 1.54) is 19.3 Å². The third-order valence-corrected chi connectivity index (χ3v) is 4.37. The zero-order valence-electron chi connectivity index (χ0n) is 11.6. The highest BCUT2D eigenvalue weighted by atomic mass is 16.4. The monoisotopic (exact) mass is 268 g/mol. The van der Waals surface area contributed by atoms with E-state index in [0.717, 1.165) is 12.8 Å². The van der Waals surface area contributed by atoms with Crippen LogP contribution in [0.25, 0.3) is 0 Å². The summed E-state index contributed by atoms with van der Waals surface area (Å²) in [6.07, 6.45) is 6.49. The van der Waals surface area contributed by atoms with E-state index in [1.54, 1.807) is 0 Å². The SMILES string of the molecule is CC1CNC(=O)C(CCC(=O)O)N1C1CCCCC1. The highest BCUT2D eigenvalue weighted by Gasteiger charge is 2.38. The van der Waals surface area contributed by atoms with Crippen LogP contribution in [0.5, 0.6) is 0 Å². The number of amides is 1. The van der Waals surface area contributed by atoms with Gasteiger partial charge in [0.15, 0.2) is 0 Å². The Balaban J connectivity index is 2.07. The Bertz CT molecular complexity index is 340. The Morgan fingerprint density at radius 1 is 1.37 bits per heavy atom. The molecule has 1 saturated carbocycles. The number of carbonyl (C=O) groups is 2. The lowest BCUT2D eigenvalue weighted by molar-refractivity contribution is -0.139. The Morgan fingerprint density at radius 3 is 2.68 bits per heavy atom. The highest BCUT2D eigenvalue weighted by molar-refractivity contribution is 5.83. The molecule has 0 bridgehead atoms. The van der Waals surface area contributed by atoms with E-state index in [2.05, 4.69) is 17.1 Å². The smallest absolute Gasteiger partial charge is 0.303 e. The standard InChI is InChI=1S/C14H24N2O3/c1-10-9-15-14(19)12(7-8-13(17)18)16(10)11-5-3-2-4-6-11/h10-12H,2-9H2,1H3,(H,15,19)(H,17,18). The maximum atomic E-state index is 12.1. The summed E-state index contributed by atoms with van der Waals surface area (Å²) < 4.78 is 0. The van der Waals surface area contributed by atoms with E-state index in [4.69, 9.17) is 5.11 Å². The second-order valence-corrected chi connectivity index (χ2v) is 5.78. The molecule has 1 aliphatic heterocycles. The van der Waals surface area contributed by atoms with Crippen LogP contribution in [0, 0.1) is 0 Å². The van der Waals surface area contributed by atoms with Gasteiger partial charge in [0.05, 0.1) is 6.04 Å². The summed E-state index contributed by atoms with van der Waals surface area (Å²) in [5.41, 5.74) is 0. The number of carbonyl (C=O) groups excluding carboxylic acids is 1. The largest absolute Gasteiger partial charge is 0.481 e. The molecule has 2 rings (SSSR count). The van der Waals surface area contributed by atoms with Gasteiger partial charge in [-0.05, 0) is 26.2 Å². The number of aliphatic carboxylic acids is 1. The van der Waals surface area contributed by atoms with Crippen LogP contribution in [0.2, 0.25) is 0 Å². The Kier molecular flexibility index (Phi) is 4.80. The molecular weight excluding hydrogens is 244 g/mol. The van der Waals surface area contributed by atoms with E-state index >= 15 is 0 Å². The van der Waals surface area contributed by atoms with Gasteiger partial charge in [0.2, 0.25) is 5.91 Å². The molecule has 108 valence electrons. The first-order valence-corrected chi connectivity index (χ1v) is 7.36. The first kappa shape index (κ1) is 14.3. The Hall–Kier alpha value is -1.10. The van der Waals surface area contributed by atoms with Crippen molar-refractivity contribution in [1.82, 2.24) is 10.2 Å². The van der Waals surface area contributed by atoms with Crippen molar-refractivity contribution in [1.29, 1.82) is 0 Å². The maximum Gasteiger partial charge on any atom is 0.303 e. The first-order valence-electron chi connectivity index (χ1n) is 7.36. The van der Waals surface area contributed by atoms with Crippen molar-refractivity contribution in [2.75, 3.05) is 6.54 Å². The third kappa shape index (κ3) is 3.47. The fraction of sp³-hybridized carbons (Fsp3) is 0.857. The fourth-order valence-corrected chi connectivity index (χ4v) is 3.45. The molecule has 2 aliphatic rings. The minimum absolute atomic E-state index is 0.00456. The fourth-order valence-electron chi connectivity index (χ4n) is 3.45. The van der Waals surface area contributed by atoms with Gasteiger partial charge in [0.1, 0.15) is 0 Å². The minimum Gasteiger partial charge on any atom is -0.481 e. The number of nitrogens with zero attached hydrogens (tertiary/aromatic N) is 1. The molecule has 0 spiro atoms. The number of hydrogen-bond acceptors (Lipinski definition) is 3. The Labute approximate surface area is 114 Å². The predicted molar refractivity (Wildman–Crippen MR) is 71.8 cm³/mol. The number of carboxylic acid groups (broad SMARTS) is 1. The van der Waals surface area contributed by atoms with Gasteiger partial charge in [-0.2, -0.15) is 0 Å². The number of carboxylic acids is 1. The van der Waals surface area contributed by atoms with Crippen molar-refractivity contribution in [2.45, 2.75) is 70.0 Å². The minimum atomic E-state index is -0.824. The molecule has 0 radical (unpaired) electrons. The van der Waals surface area contributed by atoms with Crippen LogP contribution in [-0.2, 0) is 9.59 Å². The molecule has 1 saturated heterocycles. The van der Waals surface area contributed by atoms with Crippen molar-refractivity contribution in [3.63, 3.8) is 0 Å². The second-order valence-electron chi connectivity index (χ2n) is 5.78. The molecule has 1 heterocycles. The third-order valence-electron chi connectivity index (χ3n) is 4.37. The quantitative estimate of drug-likeness (QED) is 0.808. The zero-order valence-corrected chi connectivity index (χ0v) is 11.6. The maximum absolute atomic E-state index is 12.1. The lowest BCUT2D eigenvalue weighted by Gasteiger charge is -2.46. The van der Waals surface area contributed by atoms with Gasteiger partial charge in [0, 0.05) is 25.0 Å². The average molecular weight is 268 g/mol. The number of hydrogen-bond donors (Lipinski definition) is 2. The van der Waals surface area contributed by atoms with Gasteiger partial charge in [-0.1, -0.05) is 19.3 Å². The average Bonchev–Trinajstić information content (AvgIpc) is 2.40. The summed E-state index contributed by atoms with van der Waals surface area (Å²) in [5, 5.41) is 11.7. The molecule has 2 N–H and O–H groups in total. The van der Waals surface area contributed by atoms with Gasteiger partial charge < -0.3 is 10.4 Å². The molecule has 2 unspecified atom stereocenters. The van der Waals surface area contributed by atoms with Crippen LogP contribution in [0.3, 0.4) is 0 Å². The van der Waals surface area contributed by atoms with Crippen molar-refractivity contribution in [2.24, 2.45) is 0 Å². The predicted octanol–water partition coefficient (Wildman–Crippen LogP) is 1.37. The summed E-state index contributed by atoms with van der Waals surface area (Å²) in [7, 11) is 0. The van der Waals surface area contributed by atoms with Crippen molar-refractivity contribution < 1.29 is 14.7 Å². The van der Waals surface area contributed by atoms with E-state index in [1.807, 2.05) is 0 Å². The van der Waals surface area contributed by atoms with Crippen LogP contribution in [0.4, 0.5) is 0 Å². The van der Waals surface area contributed by atoms with E-state index in [0.29, 0.717) is 25.0 Å². The van der Waals surface area contributed by atoms with Crippen LogP contribution < -0.4 is 5.32 Å². The summed E-state index contributed by atoms with van der Waals surface area (Å²) in [4.78, 5) is 25.1. The van der Waals surface area contributed by atoms with Crippen molar-refractivity contribution in [3.8, 4) is 0 Å². The molecule has 2 fully saturated rings. The number of nitrogens with one attached hydrogen (secondary N) is 1. The number of piperazine rings is 1. The molecule has 5 heteroatoms. The van der Waals surface area contributed by atoms with Gasteiger partial charge in [-0.15, -0.1) is 0 Å².